The summed E-state index contributed by atoms with van der Waals surface area (Å²) in [5.74, 6) is 1.63. The molecule has 0 spiro atoms. The van der Waals surface area contributed by atoms with Crippen LogP contribution < -0.4 is 10.1 Å². The smallest absolute Gasteiger partial charge is 0.146 e. The van der Waals surface area contributed by atoms with Crippen LogP contribution in [-0.4, -0.2) is 31.8 Å². The van der Waals surface area contributed by atoms with Crippen LogP contribution in [-0.2, 0) is 9.73 Å². The lowest BCUT2D eigenvalue weighted by Gasteiger charge is -2.26. The first-order valence-electron chi connectivity index (χ1n) is 11.2. The van der Waals surface area contributed by atoms with Gasteiger partial charge in [0.1, 0.15) is 29.8 Å². The van der Waals surface area contributed by atoms with E-state index >= 15 is 0 Å². The second-order valence-electron chi connectivity index (χ2n) is 9.22. The van der Waals surface area contributed by atoms with Crippen LogP contribution in [0.3, 0.4) is 0 Å². The van der Waals surface area contributed by atoms with Crippen LogP contribution in [0, 0.1) is 29.5 Å². The minimum Gasteiger partial charge on any atom is -0.487 e. The van der Waals surface area contributed by atoms with Gasteiger partial charge in [-0.15, -0.1) is 0 Å². The zero-order valence-electron chi connectivity index (χ0n) is 19.8. The van der Waals surface area contributed by atoms with E-state index in [-0.39, 0.29) is 5.75 Å². The van der Waals surface area contributed by atoms with E-state index in [1.54, 1.807) is 26.8 Å². The second kappa shape index (κ2) is 9.18. The van der Waals surface area contributed by atoms with E-state index in [2.05, 4.69) is 25.7 Å². The van der Waals surface area contributed by atoms with Crippen molar-refractivity contribution in [1.29, 1.82) is 5.26 Å². The van der Waals surface area contributed by atoms with Crippen LogP contribution in [0.1, 0.15) is 39.2 Å². The molecule has 1 aliphatic rings. The summed E-state index contributed by atoms with van der Waals surface area (Å²) in [6.45, 7) is 7.25. The zero-order valence-corrected chi connectivity index (χ0v) is 20.6. The molecule has 1 aliphatic heterocycles. The van der Waals surface area contributed by atoms with Crippen molar-refractivity contribution in [2.24, 2.45) is 9.78 Å². The summed E-state index contributed by atoms with van der Waals surface area (Å²) in [5, 5.41) is 13.4. The zero-order chi connectivity index (χ0) is 24.5. The number of halogens is 1. The van der Waals surface area contributed by atoms with E-state index in [1.807, 2.05) is 19.1 Å². The Hall–Kier alpha value is -3.25. The molecule has 3 aromatic rings. The molecular formula is C25H28FN5O2S. The maximum absolute atomic E-state index is 14.0. The molecule has 1 aromatic heterocycles. The molecule has 0 saturated carbocycles. The Morgan fingerprint density at radius 1 is 1.24 bits per heavy atom. The Balaban J connectivity index is 1.72. The summed E-state index contributed by atoms with van der Waals surface area (Å²) in [4.78, 5) is 8.81. The topological polar surface area (TPSA) is 100 Å². The van der Waals surface area contributed by atoms with Crippen LogP contribution in [0.4, 0.5) is 21.6 Å². The van der Waals surface area contributed by atoms with Gasteiger partial charge in [0.25, 0.3) is 0 Å². The van der Waals surface area contributed by atoms with Crippen LogP contribution in [0.25, 0.3) is 10.9 Å². The summed E-state index contributed by atoms with van der Waals surface area (Å²) in [6.07, 6.45) is 2.84. The Morgan fingerprint density at radius 2 is 1.97 bits per heavy atom. The molecule has 178 valence electrons. The standard InChI is InChI=1S/C25H28FN5O2S/c1-16-11-19(31-34(32)9-5-6-10-34)13-21-23(16)24(29-15-28-21)30-20-8-7-18(26)12-22(20)33-17(2)25(3,4)14-27/h7-8,11-13,15,17H,5-6,9-10H2,1-4H3,(H,28,29,30). The summed E-state index contributed by atoms with van der Waals surface area (Å²) >= 11 is 0. The Kier molecular flexibility index (Phi) is 6.45. The lowest BCUT2D eigenvalue weighted by molar-refractivity contribution is 0.129. The molecule has 0 radical (unpaired) electrons. The van der Waals surface area contributed by atoms with Gasteiger partial charge in [0.15, 0.2) is 0 Å². The summed E-state index contributed by atoms with van der Waals surface area (Å²) in [5.41, 5.74) is 1.95. The van der Waals surface area contributed by atoms with Crippen LogP contribution in [0.5, 0.6) is 5.75 Å². The molecule has 1 saturated heterocycles. The molecule has 9 heteroatoms. The van der Waals surface area contributed by atoms with Crippen molar-refractivity contribution in [1.82, 2.24) is 9.97 Å². The number of benzene rings is 2. The number of nitrogens with one attached hydrogen (secondary N) is 1. The van der Waals surface area contributed by atoms with Crippen molar-refractivity contribution in [2.45, 2.75) is 46.6 Å². The molecule has 4 rings (SSSR count). The Labute approximate surface area is 199 Å². The summed E-state index contributed by atoms with van der Waals surface area (Å²) < 4.78 is 37.5. The molecule has 0 aliphatic carbocycles. The van der Waals surface area contributed by atoms with Crippen molar-refractivity contribution < 1.29 is 13.3 Å². The van der Waals surface area contributed by atoms with Gasteiger partial charge in [-0.05, 0) is 70.4 Å². The summed E-state index contributed by atoms with van der Waals surface area (Å²) in [6, 6.07) is 10.1. The largest absolute Gasteiger partial charge is 0.487 e. The number of aromatic nitrogens is 2. The maximum Gasteiger partial charge on any atom is 0.146 e. The maximum atomic E-state index is 14.0. The third-order valence-electron chi connectivity index (χ3n) is 6.17. The lowest BCUT2D eigenvalue weighted by Crippen LogP contribution is -2.30. The van der Waals surface area contributed by atoms with Gasteiger partial charge in [-0.3, -0.25) is 0 Å². The molecule has 7 nitrogen and oxygen atoms in total. The lowest BCUT2D eigenvalue weighted by atomic mass is 9.89. The van der Waals surface area contributed by atoms with Crippen molar-refractivity contribution in [3.05, 3.63) is 48.0 Å². The van der Waals surface area contributed by atoms with E-state index in [0.29, 0.717) is 34.2 Å². The first-order chi connectivity index (χ1) is 16.1. The molecular weight excluding hydrogens is 453 g/mol. The van der Waals surface area contributed by atoms with Gasteiger partial charge < -0.3 is 10.1 Å². The van der Waals surface area contributed by atoms with E-state index in [4.69, 9.17) is 4.74 Å². The van der Waals surface area contributed by atoms with Gasteiger partial charge in [-0.2, -0.15) is 9.62 Å². The molecule has 1 N–H and O–H groups in total. The molecule has 1 atom stereocenters. The highest BCUT2D eigenvalue weighted by Crippen LogP contribution is 2.36. The van der Waals surface area contributed by atoms with E-state index < -0.39 is 27.1 Å². The molecule has 1 fully saturated rings. The number of rotatable bonds is 6. The highest BCUT2D eigenvalue weighted by atomic mass is 32.2. The minimum atomic E-state index is -2.20. The van der Waals surface area contributed by atoms with Crippen molar-refractivity contribution >= 4 is 37.8 Å². The van der Waals surface area contributed by atoms with E-state index in [9.17, 15) is 13.9 Å². The monoisotopic (exact) mass is 481 g/mol. The Bertz CT molecular complexity index is 1390. The number of hydrogen-bond donors (Lipinski definition) is 1. The van der Waals surface area contributed by atoms with Crippen LogP contribution >= 0.6 is 0 Å². The first-order valence-corrected chi connectivity index (χ1v) is 13.1. The predicted octanol–water partition coefficient (Wildman–Crippen LogP) is 6.03. The van der Waals surface area contributed by atoms with E-state index in [1.165, 1.54) is 18.5 Å². The fourth-order valence-corrected chi connectivity index (χ4v) is 6.00. The Morgan fingerprint density at radius 3 is 2.68 bits per heavy atom. The molecule has 0 amide bonds. The van der Waals surface area contributed by atoms with Crippen LogP contribution in [0.2, 0.25) is 0 Å². The highest BCUT2D eigenvalue weighted by Gasteiger charge is 2.28. The molecule has 34 heavy (non-hydrogen) atoms. The number of ether oxygens (including phenoxy) is 1. The number of aryl methyl sites for hydroxylation is 1. The number of hydrogen-bond acceptors (Lipinski definition) is 7. The van der Waals surface area contributed by atoms with Crippen molar-refractivity contribution in [2.75, 3.05) is 16.8 Å². The average Bonchev–Trinajstić information content (AvgIpc) is 3.21. The number of nitrogens with zero attached hydrogens (tertiary/aromatic N) is 4. The number of nitriles is 1. The van der Waals surface area contributed by atoms with Gasteiger partial charge >= 0.3 is 0 Å². The minimum absolute atomic E-state index is 0.282. The number of fused-ring (bicyclic) bond motifs is 1. The van der Waals surface area contributed by atoms with Gasteiger partial charge in [-0.1, -0.05) is 0 Å². The predicted molar refractivity (Wildman–Crippen MR) is 133 cm³/mol. The van der Waals surface area contributed by atoms with Crippen molar-refractivity contribution in [3.8, 4) is 11.8 Å². The third kappa shape index (κ3) is 4.97. The van der Waals surface area contributed by atoms with Crippen molar-refractivity contribution in [3.63, 3.8) is 0 Å². The third-order valence-corrected chi connectivity index (χ3v) is 8.57. The molecule has 1 unspecified atom stereocenters. The fourth-order valence-electron chi connectivity index (χ4n) is 3.81. The van der Waals surface area contributed by atoms with Gasteiger partial charge in [0.2, 0.25) is 0 Å². The summed E-state index contributed by atoms with van der Waals surface area (Å²) in [7, 11) is -2.20. The fraction of sp³-hybridized carbons (Fsp3) is 0.400. The van der Waals surface area contributed by atoms with Crippen LogP contribution in [0.15, 0.2) is 41.0 Å². The highest BCUT2D eigenvalue weighted by molar-refractivity contribution is 7.93. The normalized spacial score (nSPS) is 16.1. The second-order valence-corrected chi connectivity index (χ2v) is 11.8. The SMILES string of the molecule is Cc1cc(N=S2(=O)CCCC2)cc2ncnc(Nc3ccc(F)cc3OC(C)C(C)(C)C#N)c12. The van der Waals surface area contributed by atoms with Gasteiger partial charge in [-0.25, -0.2) is 18.6 Å². The number of anilines is 2. The average molecular weight is 482 g/mol. The molecule has 2 aromatic carbocycles. The van der Waals surface area contributed by atoms with E-state index in [0.717, 1.165) is 23.8 Å². The first kappa shape index (κ1) is 23.9. The van der Waals surface area contributed by atoms with Gasteiger partial charge in [0.05, 0.1) is 38.1 Å². The van der Waals surface area contributed by atoms with Gasteiger partial charge in [0, 0.05) is 23.0 Å². The molecule has 2 heterocycles. The molecule has 0 bridgehead atoms. The quantitative estimate of drug-likeness (QED) is 0.461.